The van der Waals surface area contributed by atoms with E-state index in [9.17, 15) is 18.3 Å². The van der Waals surface area contributed by atoms with Crippen molar-refractivity contribution in [3.63, 3.8) is 0 Å². The normalized spacial score (nSPS) is 21.9. The van der Waals surface area contributed by atoms with Gasteiger partial charge in [-0.15, -0.1) is 0 Å². The highest BCUT2D eigenvalue weighted by Crippen LogP contribution is 2.21. The quantitative estimate of drug-likeness (QED) is 0.833. The molecule has 128 valence electrons. The summed E-state index contributed by atoms with van der Waals surface area (Å²) in [5.41, 5.74) is 0.832. The van der Waals surface area contributed by atoms with Crippen molar-refractivity contribution >= 4 is 27.5 Å². The zero-order chi connectivity index (χ0) is 17.2. The molecule has 6 nitrogen and oxygen atoms in total. The molecule has 1 fully saturated rings. The molecule has 0 aliphatic carbocycles. The fourth-order valence-corrected chi connectivity index (χ4v) is 3.82. The number of aliphatic hydroxyl groups is 1. The summed E-state index contributed by atoms with van der Waals surface area (Å²) in [5, 5.41) is 10.7. The van der Waals surface area contributed by atoms with Crippen molar-refractivity contribution < 1.29 is 18.3 Å². The van der Waals surface area contributed by atoms with Crippen LogP contribution in [0.15, 0.2) is 24.3 Å². The molecule has 0 spiro atoms. The first-order chi connectivity index (χ1) is 10.7. The van der Waals surface area contributed by atoms with E-state index in [-0.39, 0.29) is 31.2 Å². The monoisotopic (exact) mass is 360 g/mol. The zero-order valence-electron chi connectivity index (χ0n) is 13.1. The van der Waals surface area contributed by atoms with Gasteiger partial charge in [0.2, 0.25) is 15.9 Å². The summed E-state index contributed by atoms with van der Waals surface area (Å²) < 4.78 is 25.0. The Bertz CT molecular complexity index is 661. The van der Waals surface area contributed by atoms with Crippen molar-refractivity contribution in [2.75, 3.05) is 32.9 Å². The maximum Gasteiger partial charge on any atom is 0.227 e. The van der Waals surface area contributed by atoms with Crippen molar-refractivity contribution in [1.82, 2.24) is 9.21 Å². The SMILES string of the molecule is CN(C)S(=O)(=O)C[C@@H]1CN(C(=O)Cc2ccc(Cl)cc2)C[C@H]1O. The lowest BCUT2D eigenvalue weighted by Gasteiger charge is -2.18. The molecule has 23 heavy (non-hydrogen) atoms. The van der Waals surface area contributed by atoms with Gasteiger partial charge in [-0.25, -0.2) is 12.7 Å². The largest absolute Gasteiger partial charge is 0.391 e. The average Bonchev–Trinajstić information content (AvgIpc) is 2.82. The predicted octanol–water partition coefficient (Wildman–Crippen LogP) is 0.593. The van der Waals surface area contributed by atoms with E-state index in [1.165, 1.54) is 19.0 Å². The molecule has 1 aliphatic heterocycles. The number of hydrogen-bond donors (Lipinski definition) is 1. The molecule has 0 saturated carbocycles. The van der Waals surface area contributed by atoms with Crippen LogP contribution in [-0.2, 0) is 21.2 Å². The van der Waals surface area contributed by atoms with E-state index in [4.69, 9.17) is 11.6 Å². The number of benzene rings is 1. The van der Waals surface area contributed by atoms with Gasteiger partial charge in [-0.3, -0.25) is 4.79 Å². The lowest BCUT2D eigenvalue weighted by atomic mass is 10.1. The highest BCUT2D eigenvalue weighted by molar-refractivity contribution is 7.89. The number of likely N-dealkylation sites (tertiary alicyclic amines) is 1. The topological polar surface area (TPSA) is 77.9 Å². The Kier molecular flexibility index (Phi) is 5.67. The van der Waals surface area contributed by atoms with E-state index in [0.29, 0.717) is 5.02 Å². The second-order valence-electron chi connectivity index (χ2n) is 5.99. The number of β-amino-alcohol motifs (C(OH)–C–C–N with tert-alkyl or cyclic N) is 1. The van der Waals surface area contributed by atoms with Crippen LogP contribution in [0.2, 0.25) is 5.02 Å². The van der Waals surface area contributed by atoms with Crippen molar-refractivity contribution in [3.8, 4) is 0 Å². The first-order valence-corrected chi connectivity index (χ1v) is 9.28. The smallest absolute Gasteiger partial charge is 0.227 e. The summed E-state index contributed by atoms with van der Waals surface area (Å²) >= 11 is 5.81. The molecule has 2 atom stereocenters. The van der Waals surface area contributed by atoms with Crippen LogP contribution in [0.5, 0.6) is 0 Å². The van der Waals surface area contributed by atoms with Gasteiger partial charge in [0.1, 0.15) is 0 Å². The molecule has 8 heteroatoms. The van der Waals surface area contributed by atoms with Crippen molar-refractivity contribution in [2.24, 2.45) is 5.92 Å². The molecule has 0 radical (unpaired) electrons. The maximum absolute atomic E-state index is 12.3. The molecule has 1 saturated heterocycles. The minimum atomic E-state index is -3.41. The van der Waals surface area contributed by atoms with Crippen LogP contribution < -0.4 is 0 Å². The summed E-state index contributed by atoms with van der Waals surface area (Å²) in [4.78, 5) is 13.8. The molecular formula is C15H21ClN2O4S. The number of rotatable bonds is 5. The third-order valence-corrected chi connectivity index (χ3v) is 6.22. The Balaban J connectivity index is 1.97. The van der Waals surface area contributed by atoms with Crippen LogP contribution in [0.1, 0.15) is 5.56 Å². The Morgan fingerprint density at radius 2 is 1.91 bits per heavy atom. The molecule has 1 heterocycles. The summed E-state index contributed by atoms with van der Waals surface area (Å²) in [6.07, 6.45) is -0.615. The van der Waals surface area contributed by atoms with Crippen molar-refractivity contribution in [3.05, 3.63) is 34.9 Å². The molecule has 0 unspecified atom stereocenters. The molecule has 1 aromatic rings. The van der Waals surface area contributed by atoms with Gasteiger partial charge in [-0.1, -0.05) is 23.7 Å². The van der Waals surface area contributed by atoms with E-state index in [1.54, 1.807) is 24.3 Å². The van der Waals surface area contributed by atoms with Crippen LogP contribution >= 0.6 is 11.6 Å². The number of aliphatic hydroxyl groups excluding tert-OH is 1. The minimum Gasteiger partial charge on any atom is -0.391 e. The molecule has 1 aromatic carbocycles. The number of hydrogen-bond acceptors (Lipinski definition) is 4. The van der Waals surface area contributed by atoms with Gasteiger partial charge in [0.05, 0.1) is 18.3 Å². The third kappa shape index (κ3) is 4.67. The molecule has 0 bridgehead atoms. The highest BCUT2D eigenvalue weighted by Gasteiger charge is 2.37. The molecule has 0 aromatic heterocycles. The Labute approximate surface area is 141 Å². The zero-order valence-corrected chi connectivity index (χ0v) is 14.7. The van der Waals surface area contributed by atoms with Gasteiger partial charge >= 0.3 is 0 Å². The molecule has 1 amide bonds. The fraction of sp³-hybridized carbons (Fsp3) is 0.533. The van der Waals surface area contributed by atoms with Gasteiger partial charge in [-0.2, -0.15) is 0 Å². The number of nitrogens with zero attached hydrogens (tertiary/aromatic N) is 2. The van der Waals surface area contributed by atoms with Gasteiger partial charge in [0, 0.05) is 38.1 Å². The van der Waals surface area contributed by atoms with Gasteiger partial charge in [0.25, 0.3) is 0 Å². The maximum atomic E-state index is 12.3. The first-order valence-electron chi connectivity index (χ1n) is 7.29. The molecule has 1 N–H and O–H groups in total. The van der Waals surface area contributed by atoms with E-state index in [1.807, 2.05) is 0 Å². The summed E-state index contributed by atoms with van der Waals surface area (Å²) in [6.45, 7) is 0.417. The van der Waals surface area contributed by atoms with Crippen molar-refractivity contribution in [2.45, 2.75) is 12.5 Å². The standard InChI is InChI=1S/C15H21ClN2O4S/c1-17(2)23(21,22)10-12-8-18(9-14(12)19)15(20)7-11-3-5-13(16)6-4-11/h3-6,12,14,19H,7-10H2,1-2H3/t12-,14+/m0/s1. The van der Waals surface area contributed by atoms with Crippen molar-refractivity contribution in [1.29, 1.82) is 0 Å². The number of halogens is 1. The molecule has 1 aliphatic rings. The predicted molar refractivity (Wildman–Crippen MR) is 88.7 cm³/mol. The average molecular weight is 361 g/mol. The van der Waals surface area contributed by atoms with Gasteiger partial charge in [0.15, 0.2) is 0 Å². The van der Waals surface area contributed by atoms with Crippen LogP contribution in [0.4, 0.5) is 0 Å². The Morgan fingerprint density at radius 3 is 2.48 bits per heavy atom. The number of carbonyl (C=O) groups is 1. The van der Waals surface area contributed by atoms with Crippen LogP contribution in [0.25, 0.3) is 0 Å². The Morgan fingerprint density at radius 1 is 1.30 bits per heavy atom. The van der Waals surface area contributed by atoms with E-state index in [0.717, 1.165) is 9.87 Å². The second kappa shape index (κ2) is 7.17. The van der Waals surface area contributed by atoms with E-state index in [2.05, 4.69) is 0 Å². The summed E-state index contributed by atoms with van der Waals surface area (Å²) in [6, 6.07) is 6.99. The number of sulfonamides is 1. The van der Waals surface area contributed by atoms with E-state index < -0.39 is 22.0 Å². The minimum absolute atomic E-state index is 0.129. The lowest BCUT2D eigenvalue weighted by molar-refractivity contribution is -0.129. The first kappa shape index (κ1) is 18.2. The summed E-state index contributed by atoms with van der Waals surface area (Å²) in [7, 11) is -0.490. The Hall–Kier alpha value is -1.15. The van der Waals surface area contributed by atoms with Crippen LogP contribution in [0, 0.1) is 5.92 Å². The summed E-state index contributed by atoms with van der Waals surface area (Å²) in [5.74, 6) is -0.751. The second-order valence-corrected chi connectivity index (χ2v) is 8.65. The van der Waals surface area contributed by atoms with Gasteiger partial charge < -0.3 is 10.0 Å². The van der Waals surface area contributed by atoms with E-state index >= 15 is 0 Å². The molecular weight excluding hydrogens is 340 g/mol. The lowest BCUT2D eigenvalue weighted by Crippen LogP contribution is -2.34. The highest BCUT2D eigenvalue weighted by atomic mass is 35.5. The fourth-order valence-electron chi connectivity index (χ4n) is 2.53. The van der Waals surface area contributed by atoms with Crippen LogP contribution in [-0.4, -0.2) is 67.7 Å². The number of amides is 1. The number of carbonyl (C=O) groups excluding carboxylic acids is 1. The molecule has 2 rings (SSSR count). The van der Waals surface area contributed by atoms with Gasteiger partial charge in [-0.05, 0) is 17.7 Å². The third-order valence-electron chi connectivity index (χ3n) is 4.01. The van der Waals surface area contributed by atoms with Crippen LogP contribution in [0.3, 0.4) is 0 Å².